The first-order chi connectivity index (χ1) is 11.5. The van der Waals surface area contributed by atoms with E-state index in [1.807, 2.05) is 31.2 Å². The molecule has 0 bridgehead atoms. The molecule has 0 saturated carbocycles. The molecule has 0 saturated heterocycles. The quantitative estimate of drug-likeness (QED) is 0.663. The normalized spacial score (nSPS) is 11.7. The van der Waals surface area contributed by atoms with Crippen molar-refractivity contribution in [2.45, 2.75) is 39.8 Å². The molecule has 0 fully saturated rings. The van der Waals surface area contributed by atoms with Gasteiger partial charge >= 0.3 is 0 Å². The Morgan fingerprint density at radius 1 is 1.25 bits per heavy atom. The van der Waals surface area contributed by atoms with Gasteiger partial charge in [0.05, 0.1) is 7.11 Å². The molecule has 1 rings (SSSR count). The van der Waals surface area contributed by atoms with Gasteiger partial charge in [0, 0.05) is 33.2 Å². The van der Waals surface area contributed by atoms with Crippen LogP contribution in [0.1, 0.15) is 32.8 Å². The third kappa shape index (κ3) is 6.58. The van der Waals surface area contributed by atoms with Crippen molar-refractivity contribution in [3.05, 3.63) is 29.8 Å². The van der Waals surface area contributed by atoms with Gasteiger partial charge in [0.25, 0.3) is 0 Å². The first kappa shape index (κ1) is 20.0. The van der Waals surface area contributed by atoms with Crippen molar-refractivity contribution in [2.75, 3.05) is 26.9 Å². The average Bonchev–Trinajstić information content (AvgIpc) is 2.59. The minimum atomic E-state index is -0.531. The minimum Gasteiger partial charge on any atom is -0.497 e. The third-order valence-corrected chi connectivity index (χ3v) is 3.73. The summed E-state index contributed by atoms with van der Waals surface area (Å²) < 4.78 is 10.4. The number of nitrogens with one attached hydrogen (secondary N) is 1. The van der Waals surface area contributed by atoms with E-state index >= 15 is 0 Å². The van der Waals surface area contributed by atoms with Crippen LogP contribution in [-0.2, 0) is 20.9 Å². The lowest BCUT2D eigenvalue weighted by Gasteiger charge is -2.27. The van der Waals surface area contributed by atoms with Crippen molar-refractivity contribution in [1.82, 2.24) is 10.2 Å². The van der Waals surface area contributed by atoms with Gasteiger partial charge in [-0.15, -0.1) is 0 Å². The summed E-state index contributed by atoms with van der Waals surface area (Å²) in [6.07, 6.45) is 0.755. The Morgan fingerprint density at radius 3 is 2.46 bits per heavy atom. The van der Waals surface area contributed by atoms with E-state index in [2.05, 4.69) is 5.32 Å². The van der Waals surface area contributed by atoms with Crippen LogP contribution in [0, 0.1) is 0 Å². The van der Waals surface area contributed by atoms with Gasteiger partial charge in [-0.3, -0.25) is 9.59 Å². The van der Waals surface area contributed by atoms with Crippen molar-refractivity contribution < 1.29 is 19.1 Å². The van der Waals surface area contributed by atoms with Crippen molar-refractivity contribution in [1.29, 1.82) is 0 Å². The number of carbonyl (C=O) groups excluding carboxylic acids is 2. The Kier molecular flexibility index (Phi) is 8.86. The van der Waals surface area contributed by atoms with Crippen LogP contribution in [0.25, 0.3) is 0 Å². The lowest BCUT2D eigenvalue weighted by atomic mass is 10.1. The van der Waals surface area contributed by atoms with Gasteiger partial charge in [0.2, 0.25) is 11.8 Å². The Bertz CT molecular complexity index is 516. The highest BCUT2D eigenvalue weighted by molar-refractivity contribution is 5.86. The van der Waals surface area contributed by atoms with E-state index < -0.39 is 6.04 Å². The van der Waals surface area contributed by atoms with Gasteiger partial charge in [-0.1, -0.05) is 12.1 Å². The number of hydrogen-bond donors (Lipinski definition) is 1. The summed E-state index contributed by atoms with van der Waals surface area (Å²) in [6, 6.07) is 6.93. The number of amides is 2. The smallest absolute Gasteiger partial charge is 0.242 e. The van der Waals surface area contributed by atoms with Crippen LogP contribution >= 0.6 is 0 Å². The average molecular weight is 336 g/mol. The van der Waals surface area contributed by atoms with Gasteiger partial charge in [0.15, 0.2) is 0 Å². The Balaban J connectivity index is 2.58. The third-order valence-electron chi connectivity index (χ3n) is 3.73. The van der Waals surface area contributed by atoms with E-state index in [-0.39, 0.29) is 11.8 Å². The van der Waals surface area contributed by atoms with Crippen molar-refractivity contribution in [3.8, 4) is 5.75 Å². The molecule has 1 atom stereocenters. The van der Waals surface area contributed by atoms with Crippen LogP contribution in [0.4, 0.5) is 0 Å². The SMILES string of the molecule is CCOCCCNC(=O)C(C)N(Cc1ccc(OC)cc1)C(C)=O. The largest absolute Gasteiger partial charge is 0.497 e. The number of hydrogen-bond acceptors (Lipinski definition) is 4. The summed E-state index contributed by atoms with van der Waals surface area (Å²) in [5.41, 5.74) is 0.946. The molecule has 1 aromatic rings. The molecule has 6 nitrogen and oxygen atoms in total. The molecular weight excluding hydrogens is 308 g/mol. The van der Waals surface area contributed by atoms with E-state index in [9.17, 15) is 9.59 Å². The van der Waals surface area contributed by atoms with Gasteiger partial charge in [0.1, 0.15) is 11.8 Å². The molecular formula is C18H28N2O4. The zero-order chi connectivity index (χ0) is 17.9. The fourth-order valence-corrected chi connectivity index (χ4v) is 2.27. The number of methoxy groups -OCH3 is 1. The first-order valence-corrected chi connectivity index (χ1v) is 8.25. The zero-order valence-corrected chi connectivity index (χ0v) is 15.0. The highest BCUT2D eigenvalue weighted by Crippen LogP contribution is 2.14. The van der Waals surface area contributed by atoms with E-state index in [1.54, 1.807) is 18.9 Å². The van der Waals surface area contributed by atoms with Crippen LogP contribution in [0.2, 0.25) is 0 Å². The molecule has 0 aliphatic rings. The van der Waals surface area contributed by atoms with E-state index in [1.165, 1.54) is 6.92 Å². The second-order valence-electron chi connectivity index (χ2n) is 5.51. The fraction of sp³-hybridized carbons (Fsp3) is 0.556. The van der Waals surface area contributed by atoms with Crippen LogP contribution < -0.4 is 10.1 Å². The van der Waals surface area contributed by atoms with Gasteiger partial charge in [-0.2, -0.15) is 0 Å². The Labute approximate surface area is 144 Å². The Morgan fingerprint density at radius 2 is 1.92 bits per heavy atom. The van der Waals surface area contributed by atoms with Crippen molar-refractivity contribution >= 4 is 11.8 Å². The molecule has 1 aromatic carbocycles. The molecule has 0 heterocycles. The fourth-order valence-electron chi connectivity index (χ4n) is 2.27. The molecule has 0 aliphatic carbocycles. The molecule has 24 heavy (non-hydrogen) atoms. The number of nitrogens with zero attached hydrogens (tertiary/aromatic N) is 1. The number of ether oxygens (including phenoxy) is 2. The maximum atomic E-state index is 12.2. The molecule has 2 amide bonds. The maximum absolute atomic E-state index is 12.2. The summed E-state index contributed by atoms with van der Waals surface area (Å²) in [7, 11) is 1.61. The monoisotopic (exact) mass is 336 g/mol. The van der Waals surface area contributed by atoms with Crippen LogP contribution in [0.15, 0.2) is 24.3 Å². The lowest BCUT2D eigenvalue weighted by molar-refractivity contribution is -0.139. The summed E-state index contributed by atoms with van der Waals surface area (Å²) in [5.74, 6) is 0.464. The summed E-state index contributed by atoms with van der Waals surface area (Å²) >= 11 is 0. The van der Waals surface area contributed by atoms with Gasteiger partial charge in [-0.05, 0) is 38.0 Å². The second kappa shape index (κ2) is 10.6. The summed E-state index contributed by atoms with van der Waals surface area (Å²) in [4.78, 5) is 25.7. The van der Waals surface area contributed by atoms with Crippen LogP contribution in [-0.4, -0.2) is 49.6 Å². The van der Waals surface area contributed by atoms with E-state index in [0.29, 0.717) is 26.3 Å². The molecule has 1 N–H and O–H groups in total. The molecule has 6 heteroatoms. The molecule has 0 spiro atoms. The Hall–Kier alpha value is -2.08. The minimum absolute atomic E-state index is 0.136. The van der Waals surface area contributed by atoms with Crippen LogP contribution in [0.5, 0.6) is 5.75 Å². The first-order valence-electron chi connectivity index (χ1n) is 8.25. The molecule has 0 radical (unpaired) electrons. The summed E-state index contributed by atoms with van der Waals surface area (Å²) in [6.45, 7) is 7.36. The van der Waals surface area contributed by atoms with E-state index in [4.69, 9.17) is 9.47 Å². The van der Waals surface area contributed by atoms with Crippen molar-refractivity contribution in [2.24, 2.45) is 0 Å². The number of rotatable bonds is 10. The maximum Gasteiger partial charge on any atom is 0.242 e. The molecule has 134 valence electrons. The van der Waals surface area contributed by atoms with Crippen LogP contribution in [0.3, 0.4) is 0 Å². The lowest BCUT2D eigenvalue weighted by Crippen LogP contribution is -2.47. The molecule has 0 aliphatic heterocycles. The molecule has 1 unspecified atom stereocenters. The topological polar surface area (TPSA) is 67.9 Å². The number of benzene rings is 1. The highest BCUT2D eigenvalue weighted by atomic mass is 16.5. The predicted molar refractivity (Wildman–Crippen MR) is 92.8 cm³/mol. The van der Waals surface area contributed by atoms with Crippen molar-refractivity contribution in [3.63, 3.8) is 0 Å². The zero-order valence-electron chi connectivity index (χ0n) is 15.0. The predicted octanol–water partition coefficient (Wildman–Crippen LogP) is 1.97. The van der Waals surface area contributed by atoms with E-state index in [0.717, 1.165) is 17.7 Å². The molecule has 0 aromatic heterocycles. The van der Waals surface area contributed by atoms with Gasteiger partial charge in [-0.25, -0.2) is 0 Å². The second-order valence-corrected chi connectivity index (χ2v) is 5.51. The number of carbonyl (C=O) groups is 2. The standard InChI is InChI=1S/C18H28N2O4/c1-5-24-12-6-11-19-18(22)14(2)20(15(3)21)13-16-7-9-17(23-4)10-8-16/h7-10,14H,5-6,11-13H2,1-4H3,(H,19,22). The van der Waals surface area contributed by atoms with Gasteiger partial charge < -0.3 is 19.7 Å². The highest BCUT2D eigenvalue weighted by Gasteiger charge is 2.23. The summed E-state index contributed by atoms with van der Waals surface area (Å²) in [5, 5.41) is 2.85.